The molecule has 1 aromatic rings. The molecular formula is C21H32N2O2. The van der Waals surface area contributed by atoms with Gasteiger partial charge < -0.3 is 14.5 Å². The highest BCUT2D eigenvalue weighted by atomic mass is 16.5. The quantitative estimate of drug-likeness (QED) is 0.818. The third-order valence-electron chi connectivity index (χ3n) is 5.83. The first-order valence-electron chi connectivity index (χ1n) is 9.60. The number of hydrogen-bond donors (Lipinski definition) is 0. The zero-order valence-corrected chi connectivity index (χ0v) is 16.1. The minimum Gasteiger partial charge on any atom is -0.490 e. The first kappa shape index (κ1) is 18.2. The van der Waals surface area contributed by atoms with E-state index in [-0.39, 0.29) is 5.91 Å². The number of aryl methyl sites for hydroxylation is 1. The molecule has 1 heterocycles. The molecule has 1 saturated carbocycles. The van der Waals surface area contributed by atoms with Gasteiger partial charge in [0.25, 0.3) is 5.91 Å². The van der Waals surface area contributed by atoms with Crippen LogP contribution in [0, 0.1) is 18.8 Å². The van der Waals surface area contributed by atoms with E-state index in [0.29, 0.717) is 6.10 Å². The van der Waals surface area contributed by atoms with Gasteiger partial charge in [-0.2, -0.15) is 0 Å². The molecule has 0 radical (unpaired) electrons. The van der Waals surface area contributed by atoms with Crippen molar-refractivity contribution in [1.82, 2.24) is 9.80 Å². The normalized spacial score (nSPS) is 24.6. The minimum atomic E-state index is 0.0471. The molecule has 1 aliphatic carbocycles. The molecule has 0 bridgehead atoms. The predicted octanol–water partition coefficient (Wildman–Crippen LogP) is 3.59. The van der Waals surface area contributed by atoms with E-state index in [0.717, 1.165) is 28.7 Å². The van der Waals surface area contributed by atoms with Crippen LogP contribution in [-0.2, 0) is 0 Å². The Morgan fingerprint density at radius 3 is 2.48 bits per heavy atom. The third-order valence-corrected chi connectivity index (χ3v) is 5.83. The number of likely N-dealkylation sites (tertiary alicyclic amines) is 1. The SMILES string of the molecule is Cc1cc(OC2CC(CC3CCN(C)CC3)C2)ccc1C(=O)N(C)C. The molecule has 1 aliphatic heterocycles. The Morgan fingerprint density at radius 2 is 1.88 bits per heavy atom. The van der Waals surface area contributed by atoms with Crippen LogP contribution in [0.2, 0.25) is 0 Å². The lowest BCUT2D eigenvalue weighted by atomic mass is 9.74. The number of carbonyl (C=O) groups excluding carboxylic acids is 1. The molecule has 1 amide bonds. The van der Waals surface area contributed by atoms with E-state index in [9.17, 15) is 4.79 Å². The Hall–Kier alpha value is -1.55. The van der Waals surface area contributed by atoms with Crippen LogP contribution in [0.4, 0.5) is 0 Å². The van der Waals surface area contributed by atoms with E-state index in [2.05, 4.69) is 11.9 Å². The van der Waals surface area contributed by atoms with Crippen molar-refractivity contribution in [3.05, 3.63) is 29.3 Å². The van der Waals surface area contributed by atoms with Gasteiger partial charge in [0, 0.05) is 19.7 Å². The fourth-order valence-corrected chi connectivity index (χ4v) is 4.12. The Morgan fingerprint density at radius 1 is 1.20 bits per heavy atom. The van der Waals surface area contributed by atoms with Crippen molar-refractivity contribution < 1.29 is 9.53 Å². The molecule has 25 heavy (non-hydrogen) atoms. The molecule has 0 atom stereocenters. The number of carbonyl (C=O) groups is 1. The van der Waals surface area contributed by atoms with Crippen molar-refractivity contribution in [2.45, 2.75) is 45.1 Å². The minimum absolute atomic E-state index is 0.0471. The maximum absolute atomic E-state index is 12.1. The maximum atomic E-state index is 12.1. The molecule has 4 nitrogen and oxygen atoms in total. The number of ether oxygens (including phenoxy) is 1. The lowest BCUT2D eigenvalue weighted by molar-refractivity contribution is 0.0450. The van der Waals surface area contributed by atoms with E-state index >= 15 is 0 Å². The van der Waals surface area contributed by atoms with Gasteiger partial charge >= 0.3 is 0 Å². The van der Waals surface area contributed by atoms with E-state index in [1.54, 1.807) is 19.0 Å². The van der Waals surface area contributed by atoms with E-state index in [1.807, 2.05) is 25.1 Å². The summed E-state index contributed by atoms with van der Waals surface area (Å²) in [7, 11) is 5.79. The van der Waals surface area contributed by atoms with Crippen molar-refractivity contribution in [3.63, 3.8) is 0 Å². The van der Waals surface area contributed by atoms with Gasteiger partial charge in [-0.15, -0.1) is 0 Å². The smallest absolute Gasteiger partial charge is 0.253 e. The molecule has 3 rings (SSSR count). The van der Waals surface area contributed by atoms with Crippen molar-refractivity contribution >= 4 is 5.91 Å². The number of benzene rings is 1. The molecule has 0 aromatic heterocycles. The summed E-state index contributed by atoms with van der Waals surface area (Å²) in [5.41, 5.74) is 1.74. The zero-order chi connectivity index (χ0) is 18.0. The highest BCUT2D eigenvalue weighted by molar-refractivity contribution is 5.95. The maximum Gasteiger partial charge on any atom is 0.253 e. The van der Waals surface area contributed by atoms with Crippen LogP contribution in [0.15, 0.2) is 18.2 Å². The molecule has 0 unspecified atom stereocenters. The summed E-state index contributed by atoms with van der Waals surface area (Å²) in [6.45, 7) is 4.50. The van der Waals surface area contributed by atoms with Crippen LogP contribution < -0.4 is 4.74 Å². The van der Waals surface area contributed by atoms with Crippen molar-refractivity contribution in [3.8, 4) is 5.75 Å². The third kappa shape index (κ3) is 4.55. The molecule has 2 fully saturated rings. The molecule has 2 aliphatic rings. The average Bonchev–Trinajstić information content (AvgIpc) is 2.54. The van der Waals surface area contributed by atoms with Crippen LogP contribution in [0.5, 0.6) is 5.75 Å². The molecular weight excluding hydrogens is 312 g/mol. The Kier molecular flexibility index (Phi) is 5.67. The summed E-state index contributed by atoms with van der Waals surface area (Å²) in [6.07, 6.45) is 6.82. The van der Waals surface area contributed by atoms with Crippen molar-refractivity contribution in [2.24, 2.45) is 11.8 Å². The van der Waals surface area contributed by atoms with Gasteiger partial charge in [-0.3, -0.25) is 4.79 Å². The first-order valence-corrected chi connectivity index (χ1v) is 9.60. The Balaban J connectivity index is 1.45. The highest BCUT2D eigenvalue weighted by Gasteiger charge is 2.33. The number of nitrogens with zero attached hydrogens (tertiary/aromatic N) is 2. The summed E-state index contributed by atoms with van der Waals surface area (Å²) in [6, 6.07) is 5.83. The van der Waals surface area contributed by atoms with Gasteiger partial charge in [0.2, 0.25) is 0 Å². The second kappa shape index (κ2) is 7.77. The van der Waals surface area contributed by atoms with Crippen LogP contribution >= 0.6 is 0 Å². The van der Waals surface area contributed by atoms with Crippen LogP contribution in [0.25, 0.3) is 0 Å². The number of rotatable bonds is 5. The second-order valence-corrected chi connectivity index (χ2v) is 8.24. The summed E-state index contributed by atoms with van der Waals surface area (Å²) < 4.78 is 6.13. The lowest BCUT2D eigenvalue weighted by Crippen LogP contribution is -2.37. The molecule has 0 spiro atoms. The molecule has 0 N–H and O–H groups in total. The highest BCUT2D eigenvalue weighted by Crippen LogP contribution is 2.38. The Labute approximate surface area is 152 Å². The summed E-state index contributed by atoms with van der Waals surface area (Å²) in [4.78, 5) is 16.2. The standard InChI is InChI=1S/C21H32N2O2/c1-15-11-18(5-6-20(15)21(24)22(2)3)25-19-13-17(14-19)12-16-7-9-23(4)10-8-16/h5-6,11,16-17,19H,7-10,12-14H2,1-4H3. The molecule has 138 valence electrons. The van der Waals surface area contributed by atoms with Crippen molar-refractivity contribution in [1.29, 1.82) is 0 Å². The Bertz CT molecular complexity index is 600. The van der Waals surface area contributed by atoms with Crippen LogP contribution in [-0.4, -0.2) is 56.0 Å². The van der Waals surface area contributed by atoms with Gasteiger partial charge in [0.1, 0.15) is 5.75 Å². The summed E-state index contributed by atoms with van der Waals surface area (Å²) in [5.74, 6) is 2.70. The van der Waals surface area contributed by atoms with Crippen LogP contribution in [0.1, 0.15) is 48.0 Å². The van der Waals surface area contributed by atoms with Gasteiger partial charge in [-0.1, -0.05) is 0 Å². The first-order chi connectivity index (χ1) is 11.9. The largest absolute Gasteiger partial charge is 0.490 e. The van der Waals surface area contributed by atoms with E-state index in [4.69, 9.17) is 4.74 Å². The lowest BCUT2D eigenvalue weighted by Gasteiger charge is -2.39. The molecule has 1 saturated heterocycles. The summed E-state index contributed by atoms with van der Waals surface area (Å²) >= 11 is 0. The van der Waals surface area contributed by atoms with E-state index < -0.39 is 0 Å². The molecule has 4 heteroatoms. The van der Waals surface area contributed by atoms with Gasteiger partial charge in [0.15, 0.2) is 0 Å². The molecule has 1 aromatic carbocycles. The topological polar surface area (TPSA) is 32.8 Å². The predicted molar refractivity (Wildman–Crippen MR) is 101 cm³/mol. The van der Waals surface area contributed by atoms with Crippen molar-refractivity contribution in [2.75, 3.05) is 34.2 Å². The average molecular weight is 344 g/mol. The van der Waals surface area contributed by atoms with Crippen LogP contribution in [0.3, 0.4) is 0 Å². The fourth-order valence-electron chi connectivity index (χ4n) is 4.12. The second-order valence-electron chi connectivity index (χ2n) is 8.24. The van der Waals surface area contributed by atoms with Gasteiger partial charge in [0.05, 0.1) is 6.10 Å². The zero-order valence-electron chi connectivity index (χ0n) is 16.1. The van der Waals surface area contributed by atoms with Gasteiger partial charge in [-0.05, 0) is 94.8 Å². The number of piperidine rings is 1. The van der Waals surface area contributed by atoms with E-state index in [1.165, 1.54) is 45.2 Å². The number of amides is 1. The fraction of sp³-hybridized carbons (Fsp3) is 0.667. The number of hydrogen-bond acceptors (Lipinski definition) is 3. The summed E-state index contributed by atoms with van der Waals surface area (Å²) in [5, 5.41) is 0. The monoisotopic (exact) mass is 344 g/mol. The van der Waals surface area contributed by atoms with Gasteiger partial charge in [-0.25, -0.2) is 0 Å².